The van der Waals surface area contributed by atoms with Gasteiger partial charge in [-0.15, -0.1) is 0 Å². The van der Waals surface area contributed by atoms with E-state index in [4.69, 9.17) is 8.83 Å². The topological polar surface area (TPSA) is 37.7 Å². The molecule has 3 aromatic heterocycles. The summed E-state index contributed by atoms with van der Waals surface area (Å²) in [5.74, 6) is 0. The van der Waals surface area contributed by atoms with Gasteiger partial charge in [-0.25, -0.2) is 0 Å². The van der Waals surface area contributed by atoms with Crippen molar-refractivity contribution < 1.29 is 8.83 Å². The molecule has 0 bridgehead atoms. The van der Waals surface area contributed by atoms with Crippen molar-refractivity contribution in [2.75, 3.05) is 9.80 Å². The summed E-state index contributed by atoms with van der Waals surface area (Å²) >= 11 is 0. The highest BCUT2D eigenvalue weighted by molar-refractivity contribution is 7.00. The zero-order valence-corrected chi connectivity index (χ0v) is 36.8. The second kappa shape index (κ2) is 11.9. The molecule has 0 spiro atoms. The third-order valence-electron chi connectivity index (χ3n) is 16.1. The van der Waals surface area contributed by atoms with Crippen LogP contribution in [-0.2, 0) is 10.8 Å². The first kappa shape index (κ1) is 35.9. The van der Waals surface area contributed by atoms with Crippen LogP contribution >= 0.6 is 0 Å². The Labute approximate surface area is 367 Å². The molecule has 1 saturated carbocycles. The molecular weight excluding hydrogens is 769 g/mol. The van der Waals surface area contributed by atoms with Crippen molar-refractivity contribution in [3.05, 3.63) is 150 Å². The zero-order chi connectivity index (χ0) is 42.3. The van der Waals surface area contributed by atoms with Crippen molar-refractivity contribution in [3.63, 3.8) is 0 Å². The molecule has 4 aliphatic rings. The van der Waals surface area contributed by atoms with E-state index < -0.39 is 0 Å². The van der Waals surface area contributed by atoms with Crippen LogP contribution in [0.25, 0.3) is 60.6 Å². The van der Waals surface area contributed by atoms with Gasteiger partial charge in [-0.05, 0) is 114 Å². The van der Waals surface area contributed by atoms with E-state index in [1.165, 1.54) is 97.1 Å². The summed E-state index contributed by atoms with van der Waals surface area (Å²) in [5, 5.41) is 5.83. The summed E-state index contributed by atoms with van der Waals surface area (Å²) in [5.41, 5.74) is 20.0. The predicted molar refractivity (Wildman–Crippen MR) is 263 cm³/mol. The maximum absolute atomic E-state index is 6.92. The normalized spacial score (nSPS) is 20.0. The number of nitrogens with zero attached hydrogens (tertiary/aromatic N) is 3. The van der Waals surface area contributed by atoms with E-state index in [1.54, 1.807) is 0 Å². The molecule has 0 amide bonds. The highest BCUT2D eigenvalue weighted by atomic mass is 16.3. The van der Waals surface area contributed by atoms with Gasteiger partial charge in [0.1, 0.15) is 11.2 Å². The SMILES string of the molecule is Cc1cc2c3c(c1)-n1c4oc5ccccc5c4c4cccc(c41)B3c1ccc(N3c4ccc(C(C)(C)C)cc4C4(C)CCCCC34C)cc1N2c1cccc2c1oc1ccccc12. The van der Waals surface area contributed by atoms with Crippen molar-refractivity contribution in [1.29, 1.82) is 0 Å². The third kappa shape index (κ3) is 4.39. The third-order valence-corrected chi connectivity index (χ3v) is 16.1. The molecule has 1 fully saturated rings. The fourth-order valence-electron chi connectivity index (χ4n) is 12.9. The van der Waals surface area contributed by atoms with Crippen LogP contribution < -0.4 is 26.2 Å². The molecule has 0 radical (unpaired) electrons. The Hall–Kier alpha value is -6.66. The molecule has 14 rings (SSSR count). The summed E-state index contributed by atoms with van der Waals surface area (Å²) < 4.78 is 16.2. The number of benzene rings is 7. The van der Waals surface area contributed by atoms with Crippen molar-refractivity contribution >= 4 is 106 Å². The van der Waals surface area contributed by atoms with Gasteiger partial charge in [0.15, 0.2) is 5.58 Å². The molecular formula is C57H48BN3O2. The Morgan fingerprint density at radius 2 is 1.33 bits per heavy atom. The maximum atomic E-state index is 6.92. The molecule has 10 aromatic rings. The Morgan fingerprint density at radius 3 is 2.17 bits per heavy atom. The molecule has 1 aliphatic carbocycles. The molecule has 6 heteroatoms. The van der Waals surface area contributed by atoms with E-state index in [0.717, 1.165) is 50.7 Å². The van der Waals surface area contributed by atoms with Crippen LogP contribution in [0.1, 0.15) is 77.0 Å². The number of fused-ring (bicyclic) bond motifs is 15. The van der Waals surface area contributed by atoms with Gasteiger partial charge >= 0.3 is 0 Å². The largest absolute Gasteiger partial charge is 0.454 e. The Kier molecular flexibility index (Phi) is 6.76. The lowest BCUT2D eigenvalue weighted by atomic mass is 9.33. The molecule has 5 nitrogen and oxygen atoms in total. The molecule has 0 N–H and O–H groups in total. The average molecular weight is 818 g/mol. The van der Waals surface area contributed by atoms with Gasteiger partial charge in [-0.3, -0.25) is 4.57 Å². The van der Waals surface area contributed by atoms with E-state index in [2.05, 4.69) is 189 Å². The molecule has 7 aromatic carbocycles. The lowest BCUT2D eigenvalue weighted by Crippen LogP contribution is -2.60. The summed E-state index contributed by atoms with van der Waals surface area (Å²) in [4.78, 5) is 5.29. The van der Waals surface area contributed by atoms with Gasteiger partial charge in [0, 0.05) is 55.4 Å². The Balaban J connectivity index is 1.09. The first-order chi connectivity index (χ1) is 30.5. The molecule has 2 unspecified atom stereocenters. The van der Waals surface area contributed by atoms with Gasteiger partial charge in [-0.1, -0.05) is 125 Å². The minimum Gasteiger partial charge on any atom is -0.454 e. The predicted octanol–water partition coefficient (Wildman–Crippen LogP) is 13.4. The number of para-hydroxylation sites is 4. The minimum absolute atomic E-state index is 0.00277. The lowest BCUT2D eigenvalue weighted by Gasteiger charge is -2.50. The second-order valence-electron chi connectivity index (χ2n) is 20.5. The number of aromatic nitrogens is 1. The fraction of sp³-hybridized carbons (Fsp3) is 0.228. The number of hydrogen-bond acceptors (Lipinski definition) is 4. The smallest absolute Gasteiger partial charge is 0.252 e. The van der Waals surface area contributed by atoms with Crippen LogP contribution in [0.2, 0.25) is 0 Å². The van der Waals surface area contributed by atoms with Crippen molar-refractivity contribution in [2.45, 2.75) is 83.6 Å². The van der Waals surface area contributed by atoms with Crippen molar-refractivity contribution in [3.8, 4) is 5.69 Å². The summed E-state index contributed by atoms with van der Waals surface area (Å²) in [6.45, 7) is 14.4. The van der Waals surface area contributed by atoms with Crippen LogP contribution in [0.5, 0.6) is 0 Å². The number of anilines is 5. The number of hydrogen-bond donors (Lipinski definition) is 0. The van der Waals surface area contributed by atoms with Gasteiger partial charge in [-0.2, -0.15) is 0 Å². The van der Waals surface area contributed by atoms with Crippen LogP contribution in [-0.4, -0.2) is 16.8 Å². The van der Waals surface area contributed by atoms with Gasteiger partial charge < -0.3 is 18.6 Å². The molecule has 3 aliphatic heterocycles. The van der Waals surface area contributed by atoms with Crippen LogP contribution in [0.3, 0.4) is 0 Å². The lowest BCUT2D eigenvalue weighted by molar-refractivity contribution is 0.195. The second-order valence-corrected chi connectivity index (χ2v) is 20.5. The first-order valence-corrected chi connectivity index (χ1v) is 22.9. The number of aryl methyl sites for hydroxylation is 1. The van der Waals surface area contributed by atoms with E-state index in [1.807, 2.05) is 0 Å². The molecule has 6 heterocycles. The summed E-state index contributed by atoms with van der Waals surface area (Å²) in [7, 11) is 0. The quantitative estimate of drug-likeness (QED) is 0.163. The van der Waals surface area contributed by atoms with Crippen LogP contribution in [0.15, 0.2) is 142 Å². The molecule has 63 heavy (non-hydrogen) atoms. The number of furan rings is 2. The maximum Gasteiger partial charge on any atom is 0.252 e. The fourth-order valence-corrected chi connectivity index (χ4v) is 12.9. The number of rotatable bonds is 2. The van der Waals surface area contributed by atoms with Crippen LogP contribution in [0.4, 0.5) is 28.4 Å². The monoisotopic (exact) mass is 817 g/mol. The Bertz CT molecular complexity index is 3660. The molecule has 306 valence electrons. The highest BCUT2D eigenvalue weighted by Crippen LogP contribution is 2.61. The van der Waals surface area contributed by atoms with E-state index in [9.17, 15) is 0 Å². The minimum atomic E-state index is -0.0909. The molecule has 2 atom stereocenters. The zero-order valence-electron chi connectivity index (χ0n) is 36.8. The van der Waals surface area contributed by atoms with E-state index in [0.29, 0.717) is 0 Å². The van der Waals surface area contributed by atoms with E-state index in [-0.39, 0.29) is 23.1 Å². The summed E-state index contributed by atoms with van der Waals surface area (Å²) in [6.07, 6.45) is 4.81. The first-order valence-electron chi connectivity index (χ1n) is 22.9. The van der Waals surface area contributed by atoms with Crippen LogP contribution in [0, 0.1) is 6.92 Å². The Morgan fingerprint density at radius 1 is 0.603 bits per heavy atom. The average Bonchev–Trinajstić information content (AvgIpc) is 4.00. The summed E-state index contributed by atoms with van der Waals surface area (Å²) in [6, 6.07) is 50.2. The van der Waals surface area contributed by atoms with Crippen molar-refractivity contribution in [2.24, 2.45) is 0 Å². The van der Waals surface area contributed by atoms with Gasteiger partial charge in [0.05, 0.1) is 22.1 Å². The van der Waals surface area contributed by atoms with Gasteiger partial charge in [0.25, 0.3) is 6.71 Å². The van der Waals surface area contributed by atoms with Gasteiger partial charge in [0.2, 0.25) is 5.71 Å². The molecule has 0 saturated heterocycles. The standard InChI is InChI=1S/C57H48BN3O2/c1-33-29-46-51-47(30-33)60-52-39(50-38-16-8-10-22-49(38)63-54(50)60)18-13-19-42(52)58(51)41-25-24-35(32-45(41)59(46)44-20-14-17-37-36-15-7-9-21-48(36)62-53(37)44)61-43-26-23-34(55(2,3)4)31-40(43)56(5)27-11-12-28-57(56,61)6/h7-10,13-26,29-32H,11-12,27-28H2,1-6H3. The van der Waals surface area contributed by atoms with E-state index >= 15 is 0 Å². The van der Waals surface area contributed by atoms with Crippen molar-refractivity contribution in [1.82, 2.24) is 4.57 Å². The highest BCUT2D eigenvalue weighted by Gasteiger charge is 2.58.